The Morgan fingerprint density at radius 3 is 2.33 bits per heavy atom. The number of nitrogens with zero attached hydrogens (tertiary/aromatic N) is 1. The summed E-state index contributed by atoms with van der Waals surface area (Å²) < 4.78 is 15.7. The van der Waals surface area contributed by atoms with Gasteiger partial charge in [0, 0.05) is 14.8 Å². The van der Waals surface area contributed by atoms with E-state index in [-0.39, 0.29) is 0 Å². The Bertz CT molecular complexity index is 169. The van der Waals surface area contributed by atoms with E-state index in [4.69, 9.17) is 2.74 Å². The average molecular weight is 171 g/mol. The predicted molar refractivity (Wildman–Crippen MR) is 54.4 cm³/mol. The zero-order valence-corrected chi connectivity index (χ0v) is 8.64. The van der Waals surface area contributed by atoms with E-state index in [9.17, 15) is 0 Å². The van der Waals surface area contributed by atoms with Crippen LogP contribution in [-0.4, -0.2) is 23.5 Å². The maximum Gasteiger partial charge on any atom is 0.0428 e. The van der Waals surface area contributed by atoms with Crippen LogP contribution in [0.3, 0.4) is 0 Å². The van der Waals surface area contributed by atoms with Crippen molar-refractivity contribution in [2.24, 2.45) is 0 Å². The van der Waals surface area contributed by atoms with Gasteiger partial charge in [0.15, 0.2) is 0 Å². The van der Waals surface area contributed by atoms with Crippen LogP contribution in [0.5, 0.6) is 0 Å². The van der Waals surface area contributed by atoms with Crippen molar-refractivity contribution in [1.29, 1.82) is 0 Å². The van der Waals surface area contributed by atoms with Crippen molar-refractivity contribution in [3.63, 3.8) is 0 Å². The van der Waals surface area contributed by atoms with Crippen molar-refractivity contribution < 1.29 is 2.74 Å². The average Bonchev–Trinajstić information content (AvgIpc) is 2.02. The Morgan fingerprint density at radius 2 is 1.92 bits per heavy atom. The fourth-order valence-corrected chi connectivity index (χ4v) is 2.22. The predicted octanol–water partition coefficient (Wildman–Crippen LogP) is 3.05. The molecule has 0 atom stereocenters. The van der Waals surface area contributed by atoms with Gasteiger partial charge in [-0.3, -0.25) is 4.90 Å². The van der Waals surface area contributed by atoms with Gasteiger partial charge in [0.25, 0.3) is 0 Å². The molecular formula is C11H23N. The zero-order valence-electron chi connectivity index (χ0n) is 10.6. The lowest BCUT2D eigenvalue weighted by Gasteiger charge is -2.36. The number of rotatable bonds is 3. The lowest BCUT2D eigenvalue weighted by molar-refractivity contribution is 0.128. The first-order valence-corrected chi connectivity index (χ1v) is 5.21. The maximum absolute atomic E-state index is 7.85. The molecule has 1 heteroatoms. The summed E-state index contributed by atoms with van der Waals surface area (Å²) in [6, 6.07) is 0.766. The van der Waals surface area contributed by atoms with E-state index in [2.05, 4.69) is 13.8 Å². The van der Waals surface area contributed by atoms with E-state index in [0.29, 0.717) is 12.1 Å². The topological polar surface area (TPSA) is 3.24 Å². The van der Waals surface area contributed by atoms with Crippen LogP contribution in [-0.2, 0) is 0 Å². The molecule has 0 bridgehead atoms. The standard InChI is InChI=1S/C11H23N/c1-4-12(10(2)3)11-8-6-5-7-9-11/h10-11H,4-9H2,1-3H3/i4D2. The normalized spacial score (nSPS) is 24.4. The molecule has 0 aromatic heterocycles. The molecule has 1 aliphatic carbocycles. The molecule has 0 radical (unpaired) electrons. The second-order valence-electron chi connectivity index (χ2n) is 4.02. The van der Waals surface area contributed by atoms with Crippen molar-refractivity contribution >= 4 is 0 Å². The van der Waals surface area contributed by atoms with Crippen LogP contribution in [0, 0.1) is 0 Å². The van der Waals surface area contributed by atoms with Gasteiger partial charge in [-0.25, -0.2) is 0 Å². The second kappa shape index (κ2) is 4.86. The van der Waals surface area contributed by atoms with Gasteiger partial charge in [0.2, 0.25) is 0 Å². The van der Waals surface area contributed by atoms with E-state index in [1.54, 1.807) is 6.92 Å². The molecule has 0 saturated heterocycles. The quantitative estimate of drug-likeness (QED) is 0.631. The van der Waals surface area contributed by atoms with Gasteiger partial charge < -0.3 is 0 Å². The summed E-state index contributed by atoms with van der Waals surface area (Å²) in [6.07, 6.45) is 6.21. The fraction of sp³-hybridized carbons (Fsp3) is 1.00. The van der Waals surface area contributed by atoms with E-state index in [0.717, 1.165) is 0 Å². The molecule has 0 unspecified atom stereocenters. The Labute approximate surface area is 80.0 Å². The van der Waals surface area contributed by atoms with Crippen LogP contribution in [0.15, 0.2) is 0 Å². The minimum atomic E-state index is -1.17. The van der Waals surface area contributed by atoms with Gasteiger partial charge in [-0.15, -0.1) is 0 Å². The largest absolute Gasteiger partial charge is 0.298 e. The summed E-state index contributed by atoms with van der Waals surface area (Å²) in [6.45, 7) is 4.70. The molecule has 12 heavy (non-hydrogen) atoms. The van der Waals surface area contributed by atoms with E-state index < -0.39 is 6.50 Å². The van der Waals surface area contributed by atoms with Crippen molar-refractivity contribution in [2.75, 3.05) is 6.50 Å². The molecule has 0 amide bonds. The summed E-state index contributed by atoms with van der Waals surface area (Å²) in [5, 5.41) is 0. The first-order valence-electron chi connectivity index (χ1n) is 6.21. The number of hydrogen-bond donors (Lipinski definition) is 0. The van der Waals surface area contributed by atoms with E-state index in [1.807, 2.05) is 4.90 Å². The highest BCUT2D eigenvalue weighted by molar-refractivity contribution is 4.76. The Kier molecular flexibility index (Phi) is 2.98. The molecule has 1 rings (SSSR count). The minimum Gasteiger partial charge on any atom is -0.298 e. The SMILES string of the molecule is [2H]C([2H])(C)N(C(C)C)C1CCCCC1. The molecule has 1 aliphatic rings. The third kappa shape index (κ3) is 2.48. The molecule has 1 saturated carbocycles. The van der Waals surface area contributed by atoms with Crippen molar-refractivity contribution in [3.05, 3.63) is 0 Å². The van der Waals surface area contributed by atoms with E-state index >= 15 is 0 Å². The molecule has 1 nitrogen and oxygen atoms in total. The Morgan fingerprint density at radius 1 is 1.33 bits per heavy atom. The lowest BCUT2D eigenvalue weighted by Crippen LogP contribution is -2.41. The smallest absolute Gasteiger partial charge is 0.0428 e. The third-order valence-electron chi connectivity index (χ3n) is 2.78. The van der Waals surface area contributed by atoms with Gasteiger partial charge in [-0.2, -0.15) is 0 Å². The molecular weight excluding hydrogens is 146 g/mol. The maximum atomic E-state index is 7.85. The molecule has 0 heterocycles. The van der Waals surface area contributed by atoms with Gasteiger partial charge in [0.1, 0.15) is 0 Å². The Balaban J connectivity index is 2.66. The summed E-state index contributed by atoms with van der Waals surface area (Å²) in [4.78, 5) is 2.05. The van der Waals surface area contributed by atoms with Crippen molar-refractivity contribution in [3.8, 4) is 0 Å². The van der Waals surface area contributed by atoms with Crippen molar-refractivity contribution in [1.82, 2.24) is 4.90 Å². The summed E-state index contributed by atoms with van der Waals surface area (Å²) in [7, 11) is 0. The van der Waals surface area contributed by atoms with Crippen LogP contribution in [0.4, 0.5) is 0 Å². The molecule has 0 spiro atoms. The van der Waals surface area contributed by atoms with Gasteiger partial charge in [0.05, 0.1) is 0 Å². The Hall–Kier alpha value is -0.0400. The second-order valence-corrected chi connectivity index (χ2v) is 4.02. The molecule has 0 aliphatic heterocycles. The summed E-state index contributed by atoms with van der Waals surface area (Å²) in [5.41, 5.74) is 0. The zero-order chi connectivity index (χ0) is 10.8. The van der Waals surface area contributed by atoms with E-state index in [1.165, 1.54) is 32.1 Å². The molecule has 0 aromatic rings. The monoisotopic (exact) mass is 171 g/mol. The molecule has 0 aromatic carbocycles. The summed E-state index contributed by atoms with van der Waals surface area (Å²) >= 11 is 0. The fourth-order valence-electron chi connectivity index (χ4n) is 2.22. The van der Waals surface area contributed by atoms with Crippen LogP contribution in [0.1, 0.15) is 55.6 Å². The molecule has 72 valence electrons. The highest BCUT2D eigenvalue weighted by Crippen LogP contribution is 2.23. The lowest BCUT2D eigenvalue weighted by atomic mass is 9.93. The van der Waals surface area contributed by atoms with Crippen LogP contribution in [0.2, 0.25) is 0 Å². The van der Waals surface area contributed by atoms with Crippen LogP contribution in [0.25, 0.3) is 0 Å². The van der Waals surface area contributed by atoms with Crippen LogP contribution < -0.4 is 0 Å². The van der Waals surface area contributed by atoms with Gasteiger partial charge in [-0.1, -0.05) is 26.2 Å². The molecule has 1 fully saturated rings. The first kappa shape index (κ1) is 7.37. The van der Waals surface area contributed by atoms with Gasteiger partial charge in [-0.05, 0) is 33.2 Å². The highest BCUT2D eigenvalue weighted by atomic mass is 15.2. The first-order chi connectivity index (χ1) is 6.43. The highest BCUT2D eigenvalue weighted by Gasteiger charge is 2.21. The van der Waals surface area contributed by atoms with Crippen molar-refractivity contribution in [2.45, 2.75) is 65.0 Å². The summed E-state index contributed by atoms with van der Waals surface area (Å²) in [5.74, 6) is 0. The van der Waals surface area contributed by atoms with Crippen LogP contribution >= 0.6 is 0 Å². The van der Waals surface area contributed by atoms with Gasteiger partial charge >= 0.3 is 0 Å². The number of hydrogen-bond acceptors (Lipinski definition) is 1. The molecule has 0 N–H and O–H groups in total. The minimum absolute atomic E-state index is 0.304. The third-order valence-corrected chi connectivity index (χ3v) is 2.78.